The molecule has 1 aromatic heterocycles. The molecule has 0 aliphatic heterocycles. The second-order valence-electron chi connectivity index (χ2n) is 15.2. The van der Waals surface area contributed by atoms with Crippen LogP contribution in [0.2, 0.25) is 0 Å². The predicted molar refractivity (Wildman–Crippen MR) is 228 cm³/mol. The average Bonchev–Trinajstić information content (AvgIpc) is 3.71. The molecule has 0 spiro atoms. The van der Waals surface area contributed by atoms with E-state index in [1.54, 1.807) is 0 Å². The Morgan fingerprint density at radius 1 is 0.352 bits per heavy atom. The standard InChI is InChI=1S/C53H36O/c1-53(2)47-28-25-35(32-46(47)44-26-27-45-39-19-13-14-24-48(39)54-52(45)51(44)53)49-40-20-9-11-22-42(40)50(43-23-12-10-21-41(43)49)38-30-36(33-15-5-3-6-16-33)29-37(31-38)34-17-7-4-8-18-34/h3-32H,1-2H3. The first-order chi connectivity index (χ1) is 26.5. The summed E-state index contributed by atoms with van der Waals surface area (Å²) in [6, 6.07) is 66.7. The predicted octanol–water partition coefficient (Wildman–Crippen LogP) is 14.9. The average molecular weight is 689 g/mol. The first kappa shape index (κ1) is 30.9. The Balaban J connectivity index is 1.16. The van der Waals surface area contributed by atoms with Gasteiger partial charge in [0, 0.05) is 21.8 Å². The Hall–Kier alpha value is -6.70. The van der Waals surface area contributed by atoms with Gasteiger partial charge in [0.25, 0.3) is 0 Å². The van der Waals surface area contributed by atoms with Crippen LogP contribution in [-0.4, -0.2) is 0 Å². The molecule has 9 aromatic carbocycles. The molecule has 1 heterocycles. The normalized spacial score (nSPS) is 13.1. The zero-order valence-electron chi connectivity index (χ0n) is 30.2. The highest BCUT2D eigenvalue weighted by Gasteiger charge is 2.39. The molecule has 0 amide bonds. The maximum absolute atomic E-state index is 6.62. The van der Waals surface area contributed by atoms with Crippen LogP contribution >= 0.6 is 0 Å². The summed E-state index contributed by atoms with van der Waals surface area (Å²) in [5, 5.41) is 7.36. The van der Waals surface area contributed by atoms with Crippen LogP contribution in [0.4, 0.5) is 0 Å². The minimum atomic E-state index is -0.204. The van der Waals surface area contributed by atoms with Crippen molar-refractivity contribution in [2.75, 3.05) is 0 Å². The van der Waals surface area contributed by atoms with E-state index in [0.29, 0.717) is 0 Å². The maximum Gasteiger partial charge on any atom is 0.140 e. The van der Waals surface area contributed by atoms with E-state index < -0.39 is 0 Å². The monoisotopic (exact) mass is 688 g/mol. The van der Waals surface area contributed by atoms with Crippen LogP contribution in [0.1, 0.15) is 25.0 Å². The van der Waals surface area contributed by atoms with Crippen LogP contribution in [0.5, 0.6) is 0 Å². The Bertz CT molecular complexity index is 2990. The molecule has 0 radical (unpaired) electrons. The van der Waals surface area contributed by atoms with E-state index in [2.05, 4.69) is 196 Å². The second-order valence-corrected chi connectivity index (χ2v) is 15.2. The topological polar surface area (TPSA) is 13.1 Å². The number of fused-ring (bicyclic) bond motifs is 9. The van der Waals surface area contributed by atoms with Gasteiger partial charge >= 0.3 is 0 Å². The molecule has 1 heteroatoms. The Morgan fingerprint density at radius 3 is 1.44 bits per heavy atom. The van der Waals surface area contributed by atoms with Gasteiger partial charge in [-0.15, -0.1) is 0 Å². The van der Waals surface area contributed by atoms with Crippen molar-refractivity contribution in [3.63, 3.8) is 0 Å². The number of rotatable bonds is 4. The molecule has 0 atom stereocenters. The summed E-state index contributed by atoms with van der Waals surface area (Å²) in [5.41, 5.74) is 16.7. The van der Waals surface area contributed by atoms with Crippen LogP contribution in [0.15, 0.2) is 186 Å². The summed E-state index contributed by atoms with van der Waals surface area (Å²) in [4.78, 5) is 0. The largest absolute Gasteiger partial charge is 0.456 e. The summed E-state index contributed by atoms with van der Waals surface area (Å²) in [7, 11) is 0. The number of para-hydroxylation sites is 1. The van der Waals surface area contributed by atoms with Crippen molar-refractivity contribution < 1.29 is 4.42 Å². The van der Waals surface area contributed by atoms with Crippen molar-refractivity contribution >= 4 is 43.5 Å². The molecule has 1 nitrogen and oxygen atoms in total. The summed E-state index contributed by atoms with van der Waals surface area (Å²) < 4.78 is 6.62. The molecular weight excluding hydrogens is 653 g/mol. The third-order valence-electron chi connectivity index (χ3n) is 11.8. The lowest BCUT2D eigenvalue weighted by Gasteiger charge is -2.22. The van der Waals surface area contributed by atoms with Crippen LogP contribution in [0.3, 0.4) is 0 Å². The fraction of sp³-hybridized carbons (Fsp3) is 0.0566. The lowest BCUT2D eigenvalue weighted by molar-refractivity contribution is 0.620. The first-order valence-corrected chi connectivity index (χ1v) is 18.8. The van der Waals surface area contributed by atoms with E-state index >= 15 is 0 Å². The molecule has 0 N–H and O–H groups in total. The smallest absolute Gasteiger partial charge is 0.140 e. The molecule has 0 bridgehead atoms. The van der Waals surface area contributed by atoms with Crippen LogP contribution in [-0.2, 0) is 5.41 Å². The lowest BCUT2D eigenvalue weighted by Crippen LogP contribution is -2.15. The van der Waals surface area contributed by atoms with E-state index in [9.17, 15) is 0 Å². The van der Waals surface area contributed by atoms with Gasteiger partial charge in [-0.25, -0.2) is 0 Å². The number of hydrogen-bond donors (Lipinski definition) is 0. The number of benzene rings is 9. The van der Waals surface area contributed by atoms with Gasteiger partial charge in [0.1, 0.15) is 11.2 Å². The molecule has 11 rings (SSSR count). The Morgan fingerprint density at radius 2 is 0.852 bits per heavy atom. The quantitative estimate of drug-likeness (QED) is 0.168. The Labute approximate surface area is 314 Å². The minimum absolute atomic E-state index is 0.204. The van der Waals surface area contributed by atoms with E-state index in [1.807, 2.05) is 0 Å². The van der Waals surface area contributed by atoms with Crippen molar-refractivity contribution in [2.24, 2.45) is 0 Å². The highest BCUT2D eigenvalue weighted by Crippen LogP contribution is 2.54. The van der Waals surface area contributed by atoms with Gasteiger partial charge in [0.15, 0.2) is 0 Å². The van der Waals surface area contributed by atoms with E-state index in [-0.39, 0.29) is 5.41 Å². The van der Waals surface area contributed by atoms with Gasteiger partial charge in [-0.3, -0.25) is 0 Å². The van der Waals surface area contributed by atoms with Gasteiger partial charge in [-0.05, 0) is 119 Å². The van der Waals surface area contributed by atoms with Crippen molar-refractivity contribution in [3.8, 4) is 55.6 Å². The Kier molecular flexibility index (Phi) is 6.66. The fourth-order valence-electron chi connectivity index (χ4n) is 9.35. The van der Waals surface area contributed by atoms with Crippen molar-refractivity contribution in [1.29, 1.82) is 0 Å². The molecule has 1 aliphatic carbocycles. The molecule has 0 unspecified atom stereocenters. The van der Waals surface area contributed by atoms with Gasteiger partial charge in [0.05, 0.1) is 0 Å². The number of furan rings is 1. The van der Waals surface area contributed by atoms with E-state index in [1.165, 1.54) is 99.1 Å². The first-order valence-electron chi connectivity index (χ1n) is 18.8. The third kappa shape index (κ3) is 4.52. The summed E-state index contributed by atoms with van der Waals surface area (Å²) in [6.07, 6.45) is 0. The minimum Gasteiger partial charge on any atom is -0.456 e. The van der Waals surface area contributed by atoms with Crippen molar-refractivity contribution in [1.82, 2.24) is 0 Å². The highest BCUT2D eigenvalue weighted by atomic mass is 16.3. The highest BCUT2D eigenvalue weighted by molar-refractivity contribution is 6.22. The fourth-order valence-corrected chi connectivity index (χ4v) is 9.35. The van der Waals surface area contributed by atoms with Crippen LogP contribution < -0.4 is 0 Å². The molecule has 0 fully saturated rings. The molecule has 1 aliphatic rings. The summed E-state index contributed by atoms with van der Waals surface area (Å²) in [6.45, 7) is 4.69. The zero-order valence-corrected chi connectivity index (χ0v) is 30.2. The molecule has 254 valence electrons. The van der Waals surface area contributed by atoms with Gasteiger partial charge < -0.3 is 4.42 Å². The lowest BCUT2D eigenvalue weighted by atomic mass is 9.81. The van der Waals surface area contributed by atoms with Gasteiger partial charge in [0.2, 0.25) is 0 Å². The summed E-state index contributed by atoms with van der Waals surface area (Å²) >= 11 is 0. The maximum atomic E-state index is 6.62. The molecule has 0 saturated heterocycles. The summed E-state index contributed by atoms with van der Waals surface area (Å²) in [5.74, 6) is 0. The van der Waals surface area contributed by atoms with E-state index in [0.717, 1.165) is 11.2 Å². The molecule has 54 heavy (non-hydrogen) atoms. The molecular formula is C53H36O. The van der Waals surface area contributed by atoms with Gasteiger partial charge in [-0.1, -0.05) is 159 Å². The van der Waals surface area contributed by atoms with Crippen LogP contribution in [0.25, 0.3) is 99.1 Å². The molecule has 10 aromatic rings. The SMILES string of the molecule is CC1(C)c2ccc(-c3c4ccccc4c(-c4cc(-c5ccccc5)cc(-c5ccccc5)c4)c4ccccc34)cc2-c2ccc3c(oc4ccccc43)c21. The van der Waals surface area contributed by atoms with Crippen molar-refractivity contribution in [3.05, 3.63) is 193 Å². The zero-order chi connectivity index (χ0) is 36.0. The molecule has 0 saturated carbocycles. The van der Waals surface area contributed by atoms with Crippen LogP contribution in [0, 0.1) is 0 Å². The van der Waals surface area contributed by atoms with Gasteiger partial charge in [-0.2, -0.15) is 0 Å². The third-order valence-corrected chi connectivity index (χ3v) is 11.8. The second kappa shape index (κ2) is 11.7. The van der Waals surface area contributed by atoms with E-state index in [4.69, 9.17) is 4.42 Å². The number of hydrogen-bond acceptors (Lipinski definition) is 1. The van der Waals surface area contributed by atoms with Crippen molar-refractivity contribution in [2.45, 2.75) is 19.3 Å².